The molecule has 1 atom stereocenters. The van der Waals surface area contributed by atoms with Gasteiger partial charge in [-0.15, -0.1) is 0 Å². The van der Waals surface area contributed by atoms with Gasteiger partial charge in [-0.3, -0.25) is 0 Å². The van der Waals surface area contributed by atoms with Crippen molar-refractivity contribution in [3.8, 4) is 0 Å². The van der Waals surface area contributed by atoms with Gasteiger partial charge < -0.3 is 10.0 Å². The number of fused-ring (bicyclic) bond motifs is 1. The van der Waals surface area contributed by atoms with Crippen LogP contribution in [0, 0.1) is 0 Å². The summed E-state index contributed by atoms with van der Waals surface area (Å²) in [6, 6.07) is 7.09. The summed E-state index contributed by atoms with van der Waals surface area (Å²) in [5, 5.41) is 10.3. The third-order valence-corrected chi connectivity index (χ3v) is 5.21. The van der Waals surface area contributed by atoms with Gasteiger partial charge in [-0.25, -0.2) is 0 Å². The molecule has 0 amide bonds. The van der Waals surface area contributed by atoms with Crippen LogP contribution in [-0.2, 0) is 12.0 Å². The molecule has 0 radical (unpaired) electrons. The van der Waals surface area contributed by atoms with Crippen molar-refractivity contribution in [2.75, 3.05) is 23.0 Å². The second kappa shape index (κ2) is 4.46. The molecule has 1 aromatic rings. The minimum Gasteiger partial charge on any atom is -0.386 e. The van der Waals surface area contributed by atoms with Gasteiger partial charge in [-0.05, 0) is 49.6 Å². The zero-order chi connectivity index (χ0) is 12.8. The quantitative estimate of drug-likeness (QED) is 0.887. The fraction of sp³-hybridized carbons (Fsp3) is 0.600. The first-order valence-corrected chi connectivity index (χ1v) is 7.92. The lowest BCUT2D eigenvalue weighted by molar-refractivity contribution is 0.0778. The molecule has 0 aliphatic carbocycles. The summed E-state index contributed by atoms with van der Waals surface area (Å²) < 4.78 is 0. The maximum atomic E-state index is 10.3. The Hall–Kier alpha value is -0.670. The average Bonchev–Trinajstić information content (AvgIpc) is 2.95. The van der Waals surface area contributed by atoms with Crippen LogP contribution in [0.1, 0.15) is 31.4 Å². The molecule has 1 aromatic carbocycles. The van der Waals surface area contributed by atoms with E-state index in [0.717, 1.165) is 18.5 Å². The van der Waals surface area contributed by atoms with Crippen molar-refractivity contribution in [1.82, 2.24) is 0 Å². The maximum absolute atomic E-state index is 10.3. The van der Waals surface area contributed by atoms with Crippen molar-refractivity contribution >= 4 is 17.4 Å². The summed E-state index contributed by atoms with van der Waals surface area (Å²) in [5.41, 5.74) is 3.10. The van der Waals surface area contributed by atoms with Crippen LogP contribution < -0.4 is 4.90 Å². The first-order valence-electron chi connectivity index (χ1n) is 6.76. The van der Waals surface area contributed by atoms with Crippen molar-refractivity contribution < 1.29 is 5.11 Å². The highest BCUT2D eigenvalue weighted by atomic mass is 32.2. The molecule has 1 saturated heterocycles. The molecule has 1 N–H and O–H groups in total. The van der Waals surface area contributed by atoms with Crippen LogP contribution in [0.15, 0.2) is 18.2 Å². The molecule has 18 heavy (non-hydrogen) atoms. The van der Waals surface area contributed by atoms with Gasteiger partial charge in [0.1, 0.15) is 0 Å². The van der Waals surface area contributed by atoms with Gasteiger partial charge in [0, 0.05) is 24.0 Å². The van der Waals surface area contributed by atoms with Crippen LogP contribution >= 0.6 is 11.8 Å². The number of anilines is 1. The Morgan fingerprint density at radius 3 is 2.89 bits per heavy atom. The van der Waals surface area contributed by atoms with E-state index in [1.165, 1.54) is 29.2 Å². The summed E-state index contributed by atoms with van der Waals surface area (Å²) in [7, 11) is 0. The highest BCUT2D eigenvalue weighted by Gasteiger charge is 2.32. The average molecular weight is 263 g/mol. The van der Waals surface area contributed by atoms with E-state index in [1.807, 2.05) is 13.8 Å². The smallest absolute Gasteiger partial charge is 0.0843 e. The van der Waals surface area contributed by atoms with Crippen LogP contribution in [0.3, 0.4) is 0 Å². The number of hydrogen-bond donors (Lipinski definition) is 1. The lowest BCUT2D eigenvalue weighted by atomic mass is 9.92. The summed E-state index contributed by atoms with van der Waals surface area (Å²) in [5.74, 6) is 2.55. The largest absolute Gasteiger partial charge is 0.386 e. The lowest BCUT2D eigenvalue weighted by Crippen LogP contribution is -2.33. The zero-order valence-electron chi connectivity index (χ0n) is 11.1. The Balaban J connectivity index is 1.97. The van der Waals surface area contributed by atoms with Gasteiger partial charge in [-0.1, -0.05) is 12.1 Å². The zero-order valence-corrected chi connectivity index (χ0v) is 12.0. The third-order valence-electron chi connectivity index (χ3n) is 4.07. The lowest BCUT2D eigenvalue weighted by Gasteiger charge is -2.27. The molecular weight excluding hydrogens is 242 g/mol. The number of rotatable bonds is 2. The van der Waals surface area contributed by atoms with E-state index < -0.39 is 5.60 Å². The van der Waals surface area contributed by atoms with E-state index in [4.69, 9.17) is 0 Å². The topological polar surface area (TPSA) is 23.5 Å². The number of aliphatic hydroxyl groups is 1. The molecule has 2 aliphatic rings. The Labute approximate surface area is 113 Å². The highest BCUT2D eigenvalue weighted by molar-refractivity contribution is 7.99. The Kier molecular flexibility index (Phi) is 3.07. The van der Waals surface area contributed by atoms with Crippen molar-refractivity contribution in [3.63, 3.8) is 0 Å². The Bertz CT molecular complexity index is 446. The molecule has 2 aliphatic heterocycles. The van der Waals surface area contributed by atoms with E-state index >= 15 is 0 Å². The molecule has 98 valence electrons. The van der Waals surface area contributed by atoms with E-state index in [2.05, 4.69) is 34.9 Å². The number of benzene rings is 1. The molecule has 1 fully saturated rings. The molecule has 3 rings (SSSR count). The van der Waals surface area contributed by atoms with E-state index in [0.29, 0.717) is 6.04 Å². The SMILES string of the molecule is CC(C)(O)c1cccc2c1CCN2C1CCSC1. The molecule has 1 unspecified atom stereocenters. The second-order valence-corrected chi connectivity index (χ2v) is 6.97. The summed E-state index contributed by atoms with van der Waals surface area (Å²) in [4.78, 5) is 2.56. The molecule has 0 bridgehead atoms. The summed E-state index contributed by atoms with van der Waals surface area (Å²) >= 11 is 2.06. The molecule has 0 spiro atoms. The van der Waals surface area contributed by atoms with Crippen molar-refractivity contribution in [2.45, 2.75) is 38.3 Å². The molecule has 2 heterocycles. The Morgan fingerprint density at radius 1 is 1.39 bits per heavy atom. The molecule has 3 heteroatoms. The first kappa shape index (κ1) is 12.4. The maximum Gasteiger partial charge on any atom is 0.0843 e. The Morgan fingerprint density at radius 2 is 2.22 bits per heavy atom. The number of hydrogen-bond acceptors (Lipinski definition) is 3. The van der Waals surface area contributed by atoms with Gasteiger partial charge in [0.15, 0.2) is 0 Å². The fourth-order valence-electron chi connectivity index (χ4n) is 3.18. The minimum absolute atomic E-state index is 0.702. The predicted molar refractivity (Wildman–Crippen MR) is 78.5 cm³/mol. The molecule has 2 nitrogen and oxygen atoms in total. The molecule has 0 aromatic heterocycles. The van der Waals surface area contributed by atoms with Crippen LogP contribution in [0.4, 0.5) is 5.69 Å². The standard InChI is InChI=1S/C15H21NOS/c1-15(2,17)13-4-3-5-14-12(13)6-8-16(14)11-7-9-18-10-11/h3-5,11,17H,6-10H2,1-2H3. The van der Waals surface area contributed by atoms with Crippen LogP contribution in [0.2, 0.25) is 0 Å². The first-order chi connectivity index (χ1) is 8.57. The normalized spacial score (nSPS) is 23.5. The van der Waals surface area contributed by atoms with Crippen LogP contribution in [0.5, 0.6) is 0 Å². The second-order valence-electron chi connectivity index (χ2n) is 5.82. The monoisotopic (exact) mass is 263 g/mol. The fourth-order valence-corrected chi connectivity index (χ4v) is 4.40. The van der Waals surface area contributed by atoms with Gasteiger partial charge in [0.2, 0.25) is 0 Å². The van der Waals surface area contributed by atoms with Crippen molar-refractivity contribution in [3.05, 3.63) is 29.3 Å². The van der Waals surface area contributed by atoms with Gasteiger partial charge in [0.25, 0.3) is 0 Å². The highest BCUT2D eigenvalue weighted by Crippen LogP contribution is 2.38. The third kappa shape index (κ3) is 2.04. The summed E-state index contributed by atoms with van der Waals surface area (Å²) in [6.07, 6.45) is 2.38. The predicted octanol–water partition coefficient (Wildman–Crippen LogP) is 2.78. The number of nitrogens with zero attached hydrogens (tertiary/aromatic N) is 1. The van der Waals surface area contributed by atoms with Gasteiger partial charge in [-0.2, -0.15) is 11.8 Å². The van der Waals surface area contributed by atoms with E-state index in [1.54, 1.807) is 0 Å². The summed E-state index contributed by atoms with van der Waals surface area (Å²) in [6.45, 7) is 4.89. The van der Waals surface area contributed by atoms with E-state index in [-0.39, 0.29) is 0 Å². The van der Waals surface area contributed by atoms with Crippen molar-refractivity contribution in [1.29, 1.82) is 0 Å². The van der Waals surface area contributed by atoms with Gasteiger partial charge >= 0.3 is 0 Å². The number of thioether (sulfide) groups is 1. The van der Waals surface area contributed by atoms with Crippen LogP contribution in [0.25, 0.3) is 0 Å². The van der Waals surface area contributed by atoms with Gasteiger partial charge in [0.05, 0.1) is 5.60 Å². The van der Waals surface area contributed by atoms with E-state index in [9.17, 15) is 5.11 Å². The molecule has 0 saturated carbocycles. The molecular formula is C15H21NOS. The minimum atomic E-state index is -0.730. The van der Waals surface area contributed by atoms with Crippen LogP contribution in [-0.4, -0.2) is 29.2 Å². The van der Waals surface area contributed by atoms with Crippen molar-refractivity contribution in [2.24, 2.45) is 0 Å².